The lowest BCUT2D eigenvalue weighted by Crippen LogP contribution is -2.19. The van der Waals surface area contributed by atoms with Gasteiger partial charge in [-0.15, -0.1) is 0 Å². The maximum Gasteiger partial charge on any atom is 0.202 e. The van der Waals surface area contributed by atoms with Gasteiger partial charge in [0.05, 0.1) is 0 Å². The van der Waals surface area contributed by atoms with E-state index in [1.165, 1.54) is 42.8 Å². The molecule has 4 rings (SSSR count). The highest BCUT2D eigenvalue weighted by Crippen LogP contribution is 2.39. The Labute approximate surface area is 135 Å². The highest BCUT2D eigenvalue weighted by atomic mass is 32.1. The first-order valence-corrected chi connectivity index (χ1v) is 8.85. The molecule has 2 aromatic heterocycles. The predicted molar refractivity (Wildman–Crippen MR) is 89.6 cm³/mol. The number of hydrogen-bond donors (Lipinski definition) is 1. The lowest BCUT2D eigenvalue weighted by Gasteiger charge is -2.18. The summed E-state index contributed by atoms with van der Waals surface area (Å²) < 4.78 is 4.44. The molecule has 0 unspecified atom stereocenters. The van der Waals surface area contributed by atoms with Gasteiger partial charge in [0.2, 0.25) is 5.13 Å². The zero-order chi connectivity index (χ0) is 14.9. The molecule has 2 fully saturated rings. The first-order valence-electron chi connectivity index (χ1n) is 8.08. The number of anilines is 2. The number of hydrogen-bond acceptors (Lipinski definition) is 6. The van der Waals surface area contributed by atoms with E-state index in [-0.39, 0.29) is 0 Å². The fraction of sp³-hybridized carbons (Fsp3) is 0.562. The van der Waals surface area contributed by atoms with Crippen LogP contribution in [0, 0.1) is 6.92 Å². The Morgan fingerprint density at radius 3 is 2.82 bits per heavy atom. The summed E-state index contributed by atoms with van der Waals surface area (Å²) >= 11 is 1.47. The molecule has 0 radical (unpaired) electrons. The average molecular weight is 315 g/mol. The van der Waals surface area contributed by atoms with Crippen LogP contribution >= 0.6 is 11.5 Å². The van der Waals surface area contributed by atoms with Crippen LogP contribution in [-0.4, -0.2) is 27.4 Å². The van der Waals surface area contributed by atoms with E-state index in [1.54, 1.807) is 0 Å². The third-order valence-electron chi connectivity index (χ3n) is 4.26. The van der Waals surface area contributed by atoms with Crippen molar-refractivity contribution in [1.82, 2.24) is 14.3 Å². The summed E-state index contributed by atoms with van der Waals surface area (Å²) in [6.45, 7) is 5.11. The van der Waals surface area contributed by atoms with Gasteiger partial charge in [0.1, 0.15) is 11.6 Å². The van der Waals surface area contributed by atoms with E-state index in [2.05, 4.69) is 43.6 Å². The zero-order valence-corrected chi connectivity index (χ0v) is 13.7. The Morgan fingerprint density at radius 2 is 2.05 bits per heavy atom. The van der Waals surface area contributed by atoms with Crippen molar-refractivity contribution in [2.75, 3.05) is 23.3 Å². The summed E-state index contributed by atoms with van der Waals surface area (Å²) in [5, 5.41) is 4.34. The van der Waals surface area contributed by atoms with Crippen molar-refractivity contribution in [1.29, 1.82) is 0 Å². The van der Waals surface area contributed by atoms with Crippen LogP contribution in [0.3, 0.4) is 0 Å². The van der Waals surface area contributed by atoms with Crippen LogP contribution in [0.25, 0.3) is 0 Å². The van der Waals surface area contributed by atoms with Gasteiger partial charge in [0, 0.05) is 42.8 Å². The molecule has 5 nitrogen and oxygen atoms in total. The molecule has 0 bridgehead atoms. The predicted octanol–water partition coefficient (Wildman–Crippen LogP) is 3.33. The fourth-order valence-corrected chi connectivity index (χ4v) is 3.56. The number of aromatic nitrogens is 3. The molecule has 2 aromatic rings. The molecular weight excluding hydrogens is 294 g/mol. The number of aryl methyl sites for hydroxylation is 1. The lowest BCUT2D eigenvalue weighted by molar-refractivity contribution is 0.921. The molecule has 1 saturated carbocycles. The van der Waals surface area contributed by atoms with E-state index in [0.29, 0.717) is 5.92 Å². The lowest BCUT2D eigenvalue weighted by atomic mass is 10.2. The standard InChI is InChI=1S/C16H21N5S/c1-11-8-12(9-14(18-11)21-6-2-3-7-21)10-17-16-19-15(20-22-16)13-4-5-13/h8-9,13H,2-7,10H2,1H3,(H,17,19,20). The summed E-state index contributed by atoms with van der Waals surface area (Å²) in [6, 6.07) is 4.35. The van der Waals surface area contributed by atoms with Crippen molar-refractivity contribution in [3.8, 4) is 0 Å². The van der Waals surface area contributed by atoms with E-state index >= 15 is 0 Å². The van der Waals surface area contributed by atoms with Crippen LogP contribution in [0.4, 0.5) is 10.9 Å². The topological polar surface area (TPSA) is 53.9 Å². The highest BCUT2D eigenvalue weighted by Gasteiger charge is 2.27. The van der Waals surface area contributed by atoms with Crippen LogP contribution in [0.2, 0.25) is 0 Å². The van der Waals surface area contributed by atoms with Gasteiger partial charge in [-0.3, -0.25) is 0 Å². The molecule has 1 N–H and O–H groups in total. The third kappa shape index (κ3) is 3.06. The average Bonchev–Trinajstić information content (AvgIpc) is 3.04. The Balaban J connectivity index is 1.44. The first kappa shape index (κ1) is 13.9. The summed E-state index contributed by atoms with van der Waals surface area (Å²) in [4.78, 5) is 11.6. The van der Waals surface area contributed by atoms with Gasteiger partial charge < -0.3 is 10.2 Å². The van der Waals surface area contributed by atoms with Crippen LogP contribution in [0.5, 0.6) is 0 Å². The van der Waals surface area contributed by atoms with E-state index < -0.39 is 0 Å². The fourth-order valence-electron chi connectivity index (χ4n) is 2.92. The summed E-state index contributed by atoms with van der Waals surface area (Å²) in [7, 11) is 0. The first-order chi connectivity index (χ1) is 10.8. The molecule has 2 aliphatic rings. The molecule has 6 heteroatoms. The van der Waals surface area contributed by atoms with Crippen molar-refractivity contribution in [3.63, 3.8) is 0 Å². The Bertz CT molecular complexity index is 658. The zero-order valence-electron chi connectivity index (χ0n) is 12.9. The Hall–Kier alpha value is -1.69. The second-order valence-corrected chi connectivity index (χ2v) is 7.01. The number of nitrogens with zero attached hydrogens (tertiary/aromatic N) is 4. The van der Waals surface area contributed by atoms with Gasteiger partial charge in [0.25, 0.3) is 0 Å². The van der Waals surface area contributed by atoms with Gasteiger partial charge in [-0.05, 0) is 50.3 Å². The molecule has 0 aromatic carbocycles. The third-order valence-corrected chi connectivity index (χ3v) is 4.94. The molecule has 22 heavy (non-hydrogen) atoms. The normalized spacial score (nSPS) is 18.0. The summed E-state index contributed by atoms with van der Waals surface area (Å²) in [5.41, 5.74) is 2.34. The van der Waals surface area contributed by atoms with Crippen LogP contribution in [0.15, 0.2) is 12.1 Å². The maximum atomic E-state index is 4.68. The largest absolute Gasteiger partial charge is 0.357 e. The van der Waals surface area contributed by atoms with E-state index in [0.717, 1.165) is 42.1 Å². The summed E-state index contributed by atoms with van der Waals surface area (Å²) in [5.74, 6) is 2.76. The number of rotatable bonds is 5. The molecule has 0 atom stereocenters. The van der Waals surface area contributed by atoms with Crippen LogP contribution in [-0.2, 0) is 6.54 Å². The van der Waals surface area contributed by atoms with E-state index in [4.69, 9.17) is 0 Å². The van der Waals surface area contributed by atoms with E-state index in [1.807, 2.05) is 0 Å². The van der Waals surface area contributed by atoms with Crippen molar-refractivity contribution in [2.45, 2.75) is 45.1 Å². The minimum absolute atomic E-state index is 0.622. The van der Waals surface area contributed by atoms with Gasteiger partial charge in [-0.1, -0.05) is 0 Å². The highest BCUT2D eigenvalue weighted by molar-refractivity contribution is 7.09. The van der Waals surface area contributed by atoms with Crippen LogP contribution < -0.4 is 10.2 Å². The van der Waals surface area contributed by atoms with Gasteiger partial charge >= 0.3 is 0 Å². The molecule has 0 amide bonds. The van der Waals surface area contributed by atoms with Crippen molar-refractivity contribution in [3.05, 3.63) is 29.2 Å². The smallest absolute Gasteiger partial charge is 0.202 e. The SMILES string of the molecule is Cc1cc(CNc2nc(C3CC3)ns2)cc(N2CCCC2)n1. The molecule has 1 saturated heterocycles. The molecule has 3 heterocycles. The van der Waals surface area contributed by atoms with Gasteiger partial charge in [0.15, 0.2) is 0 Å². The van der Waals surface area contributed by atoms with Crippen LogP contribution in [0.1, 0.15) is 48.7 Å². The molecule has 1 aliphatic heterocycles. The Morgan fingerprint density at radius 1 is 1.23 bits per heavy atom. The quantitative estimate of drug-likeness (QED) is 0.917. The van der Waals surface area contributed by atoms with Crippen molar-refractivity contribution < 1.29 is 0 Å². The summed E-state index contributed by atoms with van der Waals surface area (Å²) in [6.07, 6.45) is 5.05. The Kier molecular flexibility index (Phi) is 3.70. The minimum Gasteiger partial charge on any atom is -0.357 e. The molecule has 0 spiro atoms. The van der Waals surface area contributed by atoms with E-state index in [9.17, 15) is 0 Å². The number of nitrogens with one attached hydrogen (secondary N) is 1. The molecule has 1 aliphatic carbocycles. The van der Waals surface area contributed by atoms with Gasteiger partial charge in [-0.2, -0.15) is 4.37 Å². The second-order valence-electron chi connectivity index (χ2n) is 6.25. The number of pyridine rings is 1. The van der Waals surface area contributed by atoms with Crippen molar-refractivity contribution >= 4 is 22.5 Å². The second kappa shape index (κ2) is 5.83. The molecule has 116 valence electrons. The minimum atomic E-state index is 0.622. The maximum absolute atomic E-state index is 4.68. The molecular formula is C16H21N5S. The monoisotopic (exact) mass is 315 g/mol. The van der Waals surface area contributed by atoms with Crippen molar-refractivity contribution in [2.24, 2.45) is 0 Å². The van der Waals surface area contributed by atoms with Gasteiger partial charge in [-0.25, -0.2) is 9.97 Å².